The van der Waals surface area contributed by atoms with Gasteiger partial charge in [-0.1, -0.05) is 96.5 Å². The molecule has 0 unspecified atom stereocenters. The van der Waals surface area contributed by atoms with E-state index in [1.807, 2.05) is 66.7 Å². The Bertz CT molecular complexity index is 1670. The number of aromatic nitrogens is 1. The molecule has 6 nitrogen and oxygen atoms in total. The van der Waals surface area contributed by atoms with Crippen LogP contribution in [0.5, 0.6) is 0 Å². The number of hydrogen-bond acceptors (Lipinski definition) is 5. The Kier molecular flexibility index (Phi) is 8.30. The van der Waals surface area contributed by atoms with Crippen molar-refractivity contribution < 1.29 is 13.2 Å². The van der Waals surface area contributed by atoms with Gasteiger partial charge in [0.15, 0.2) is 0 Å². The van der Waals surface area contributed by atoms with Crippen LogP contribution in [0, 0.1) is 6.92 Å². The number of halogens is 1. The molecule has 0 fully saturated rings. The standard InChI is InChI=1S/C31H26ClN3O3S2/c1-22-27(32)18-11-19-28(22)40(37,38)35(26-16-9-4-10-17-26)31-33-25(21-39-31)20-29(36)34-30(23-12-5-2-6-13-23)24-14-7-3-8-15-24/h2-19,21,30H,20H2,1H3,(H,34,36). The zero-order valence-electron chi connectivity index (χ0n) is 21.6. The van der Waals surface area contributed by atoms with Gasteiger partial charge in [-0.15, -0.1) is 11.3 Å². The summed E-state index contributed by atoms with van der Waals surface area (Å²) in [6, 6.07) is 32.7. The van der Waals surface area contributed by atoms with Crippen LogP contribution in [0.15, 0.2) is 119 Å². The molecule has 0 atom stereocenters. The van der Waals surface area contributed by atoms with Crippen molar-refractivity contribution in [1.29, 1.82) is 0 Å². The van der Waals surface area contributed by atoms with E-state index in [-0.39, 0.29) is 28.4 Å². The molecule has 0 aliphatic rings. The molecule has 0 radical (unpaired) electrons. The molecule has 4 aromatic carbocycles. The van der Waals surface area contributed by atoms with E-state index in [2.05, 4.69) is 10.3 Å². The van der Waals surface area contributed by atoms with Crippen molar-refractivity contribution in [3.8, 4) is 0 Å². The van der Waals surface area contributed by atoms with E-state index in [0.29, 0.717) is 22.0 Å². The lowest BCUT2D eigenvalue weighted by atomic mass is 9.98. The Balaban J connectivity index is 1.44. The highest BCUT2D eigenvalue weighted by atomic mass is 35.5. The predicted octanol–water partition coefficient (Wildman–Crippen LogP) is 7.08. The van der Waals surface area contributed by atoms with Gasteiger partial charge < -0.3 is 5.32 Å². The summed E-state index contributed by atoms with van der Waals surface area (Å²) in [6.45, 7) is 1.67. The minimum absolute atomic E-state index is 0.00840. The molecule has 0 spiro atoms. The van der Waals surface area contributed by atoms with Crippen molar-refractivity contribution >= 4 is 49.7 Å². The monoisotopic (exact) mass is 587 g/mol. The number of carbonyl (C=O) groups is 1. The second-order valence-electron chi connectivity index (χ2n) is 9.09. The van der Waals surface area contributed by atoms with E-state index in [1.54, 1.807) is 48.7 Å². The van der Waals surface area contributed by atoms with Crippen LogP contribution in [0.4, 0.5) is 10.8 Å². The second-order valence-corrected chi connectivity index (χ2v) is 12.1. The molecule has 1 amide bonds. The number of anilines is 2. The zero-order chi connectivity index (χ0) is 28.1. The number of hydrogen-bond donors (Lipinski definition) is 1. The second kappa shape index (κ2) is 12.0. The van der Waals surface area contributed by atoms with Gasteiger partial charge in [-0.3, -0.25) is 4.79 Å². The van der Waals surface area contributed by atoms with Gasteiger partial charge >= 0.3 is 0 Å². The average Bonchev–Trinajstić information content (AvgIpc) is 3.41. The maximum absolute atomic E-state index is 14.0. The normalized spacial score (nSPS) is 11.4. The molecule has 1 aromatic heterocycles. The smallest absolute Gasteiger partial charge is 0.270 e. The zero-order valence-corrected chi connectivity index (χ0v) is 24.0. The van der Waals surface area contributed by atoms with Crippen LogP contribution in [0.3, 0.4) is 0 Å². The number of nitrogens with zero attached hydrogens (tertiary/aromatic N) is 2. The van der Waals surface area contributed by atoms with Crippen molar-refractivity contribution in [2.45, 2.75) is 24.3 Å². The summed E-state index contributed by atoms with van der Waals surface area (Å²) in [5.41, 5.74) is 3.27. The van der Waals surface area contributed by atoms with E-state index in [4.69, 9.17) is 11.6 Å². The third-order valence-electron chi connectivity index (χ3n) is 6.35. The van der Waals surface area contributed by atoms with E-state index < -0.39 is 10.0 Å². The largest absolute Gasteiger partial charge is 0.345 e. The van der Waals surface area contributed by atoms with E-state index >= 15 is 0 Å². The van der Waals surface area contributed by atoms with Gasteiger partial charge in [-0.25, -0.2) is 17.7 Å². The minimum atomic E-state index is -4.07. The molecular formula is C31H26ClN3O3S2. The Morgan fingerprint density at radius 1 is 0.875 bits per heavy atom. The molecule has 0 aliphatic carbocycles. The van der Waals surface area contributed by atoms with Gasteiger partial charge in [-0.05, 0) is 47.9 Å². The summed E-state index contributed by atoms with van der Waals surface area (Å²) >= 11 is 7.43. The van der Waals surface area contributed by atoms with Crippen LogP contribution in [0.2, 0.25) is 5.02 Å². The summed E-state index contributed by atoms with van der Waals surface area (Å²) < 4.78 is 29.1. The maximum Gasteiger partial charge on any atom is 0.270 e. The third-order valence-corrected chi connectivity index (χ3v) is 9.62. The van der Waals surface area contributed by atoms with Crippen LogP contribution in [-0.4, -0.2) is 19.3 Å². The van der Waals surface area contributed by atoms with Crippen LogP contribution in [-0.2, 0) is 21.2 Å². The van der Waals surface area contributed by atoms with E-state index in [0.717, 1.165) is 22.5 Å². The predicted molar refractivity (Wildman–Crippen MR) is 161 cm³/mol. The first-order valence-corrected chi connectivity index (χ1v) is 15.2. The van der Waals surface area contributed by atoms with Crippen molar-refractivity contribution in [1.82, 2.24) is 10.3 Å². The van der Waals surface area contributed by atoms with Gasteiger partial charge in [0.2, 0.25) is 11.0 Å². The van der Waals surface area contributed by atoms with Crippen LogP contribution >= 0.6 is 22.9 Å². The topological polar surface area (TPSA) is 79.4 Å². The number of rotatable bonds is 9. The van der Waals surface area contributed by atoms with Gasteiger partial charge in [0, 0.05) is 10.4 Å². The van der Waals surface area contributed by atoms with Gasteiger partial charge in [-0.2, -0.15) is 0 Å². The fourth-order valence-electron chi connectivity index (χ4n) is 4.38. The molecule has 0 aliphatic heterocycles. The Hall–Kier alpha value is -3.98. The fraction of sp³-hybridized carbons (Fsp3) is 0.0968. The summed E-state index contributed by atoms with van der Waals surface area (Å²) in [6.07, 6.45) is -0.00840. The molecule has 0 saturated heterocycles. The Morgan fingerprint density at radius 2 is 1.45 bits per heavy atom. The highest BCUT2D eigenvalue weighted by Gasteiger charge is 2.31. The highest BCUT2D eigenvalue weighted by Crippen LogP contribution is 2.36. The molecule has 1 heterocycles. The van der Waals surface area contributed by atoms with E-state index in [1.165, 1.54) is 10.4 Å². The SMILES string of the molecule is Cc1c(Cl)cccc1S(=O)(=O)N(c1ccccc1)c1nc(CC(=O)NC(c2ccccc2)c2ccccc2)cs1. The van der Waals surface area contributed by atoms with Crippen LogP contribution in [0.1, 0.15) is 28.4 Å². The number of sulfonamides is 1. The first-order chi connectivity index (χ1) is 19.3. The fourth-order valence-corrected chi connectivity index (χ4v) is 7.37. The lowest BCUT2D eigenvalue weighted by molar-refractivity contribution is -0.121. The number of para-hydroxylation sites is 1. The minimum Gasteiger partial charge on any atom is -0.345 e. The summed E-state index contributed by atoms with van der Waals surface area (Å²) in [4.78, 5) is 17.9. The average molecular weight is 588 g/mol. The molecule has 202 valence electrons. The number of nitrogens with one attached hydrogen (secondary N) is 1. The molecular weight excluding hydrogens is 562 g/mol. The molecule has 40 heavy (non-hydrogen) atoms. The molecule has 1 N–H and O–H groups in total. The molecule has 0 bridgehead atoms. The maximum atomic E-state index is 14.0. The number of thiazole rings is 1. The first kappa shape index (κ1) is 27.6. The Morgan fingerprint density at radius 3 is 2.05 bits per heavy atom. The number of amides is 1. The number of benzene rings is 4. The summed E-state index contributed by atoms with van der Waals surface area (Å²) in [5, 5.41) is 5.42. The molecule has 5 aromatic rings. The third kappa shape index (κ3) is 5.94. The van der Waals surface area contributed by atoms with Crippen molar-refractivity contribution in [3.63, 3.8) is 0 Å². The molecule has 9 heteroatoms. The molecule has 5 rings (SSSR count). The lowest BCUT2D eigenvalue weighted by Crippen LogP contribution is -2.30. The van der Waals surface area contributed by atoms with Crippen LogP contribution in [0.25, 0.3) is 0 Å². The highest BCUT2D eigenvalue weighted by molar-refractivity contribution is 7.93. The van der Waals surface area contributed by atoms with Crippen molar-refractivity contribution in [2.75, 3.05) is 4.31 Å². The lowest BCUT2D eigenvalue weighted by Gasteiger charge is -2.23. The number of carbonyl (C=O) groups excluding carboxylic acids is 1. The van der Waals surface area contributed by atoms with Crippen molar-refractivity contribution in [2.24, 2.45) is 0 Å². The summed E-state index contributed by atoms with van der Waals surface area (Å²) in [7, 11) is -4.07. The van der Waals surface area contributed by atoms with Gasteiger partial charge in [0.1, 0.15) is 0 Å². The van der Waals surface area contributed by atoms with Crippen LogP contribution < -0.4 is 9.62 Å². The van der Waals surface area contributed by atoms with E-state index in [9.17, 15) is 13.2 Å². The summed E-state index contributed by atoms with van der Waals surface area (Å²) in [5.74, 6) is -0.227. The van der Waals surface area contributed by atoms with Gasteiger partial charge in [0.05, 0.1) is 28.7 Å². The van der Waals surface area contributed by atoms with Gasteiger partial charge in [0.25, 0.3) is 10.0 Å². The quantitative estimate of drug-likeness (QED) is 0.200. The Labute approximate surface area is 243 Å². The first-order valence-electron chi connectivity index (χ1n) is 12.5. The molecule has 0 saturated carbocycles. The van der Waals surface area contributed by atoms with Crippen molar-refractivity contribution in [3.05, 3.63) is 142 Å².